The number of methoxy groups -OCH3 is 1. The van der Waals surface area contributed by atoms with Crippen LogP contribution in [0, 0.1) is 5.41 Å². The van der Waals surface area contributed by atoms with Gasteiger partial charge in [0.1, 0.15) is 11.5 Å². The van der Waals surface area contributed by atoms with Crippen LogP contribution in [0.2, 0.25) is 18.1 Å². The van der Waals surface area contributed by atoms with Gasteiger partial charge >= 0.3 is 5.97 Å². The number of carbonyl (C=O) groups is 1. The molecule has 0 amide bonds. The molecule has 0 aromatic heterocycles. The summed E-state index contributed by atoms with van der Waals surface area (Å²) in [6.07, 6.45) is 2.19. The van der Waals surface area contributed by atoms with E-state index in [1.54, 1.807) is 7.11 Å². The van der Waals surface area contributed by atoms with Crippen LogP contribution in [0.5, 0.6) is 11.5 Å². The monoisotopic (exact) mass is 594 g/mol. The lowest BCUT2D eigenvalue weighted by molar-refractivity contribution is -0.349. The highest BCUT2D eigenvalue weighted by Gasteiger charge is 2.55. The zero-order valence-electron chi connectivity index (χ0n) is 27.0. The number of carbonyl (C=O) groups excluding carboxylic acids is 1. The Morgan fingerprint density at radius 2 is 1.56 bits per heavy atom. The first kappa shape index (κ1) is 33.8. The van der Waals surface area contributed by atoms with Gasteiger partial charge in [0, 0.05) is 32.1 Å². The number of aliphatic hydroxyl groups is 1. The summed E-state index contributed by atoms with van der Waals surface area (Å²) < 4.78 is 37.2. The van der Waals surface area contributed by atoms with Crippen molar-refractivity contribution in [3.63, 3.8) is 0 Å². The second kappa shape index (κ2) is 12.9. The molecule has 2 aliphatic rings. The molecule has 2 fully saturated rings. The van der Waals surface area contributed by atoms with Crippen molar-refractivity contribution in [3.8, 4) is 11.5 Å². The SMILES string of the molecule is COc1ccc(OCC[C@H]2C[C@H](O)C[C@@]3(C[C@@](C)(O[Si](C)(C)C(C)(C)C)C[C@H](CCOC(=O)C(C)(C)C)O3)O2)cc1. The van der Waals surface area contributed by atoms with E-state index in [0.717, 1.165) is 11.5 Å². The molecule has 2 saturated heterocycles. The Morgan fingerprint density at radius 1 is 0.976 bits per heavy atom. The van der Waals surface area contributed by atoms with Crippen LogP contribution in [0.1, 0.15) is 87.0 Å². The lowest BCUT2D eigenvalue weighted by Crippen LogP contribution is -2.61. The van der Waals surface area contributed by atoms with E-state index in [1.165, 1.54) is 0 Å². The van der Waals surface area contributed by atoms with E-state index < -0.39 is 31.2 Å². The molecule has 3 rings (SSSR count). The predicted octanol–water partition coefficient (Wildman–Crippen LogP) is 6.64. The van der Waals surface area contributed by atoms with E-state index in [-0.39, 0.29) is 29.8 Å². The second-order valence-corrected chi connectivity index (χ2v) is 19.4. The zero-order chi connectivity index (χ0) is 30.7. The molecule has 0 saturated carbocycles. The van der Waals surface area contributed by atoms with Crippen LogP contribution in [-0.4, -0.2) is 69.4 Å². The van der Waals surface area contributed by atoms with Crippen molar-refractivity contribution >= 4 is 14.3 Å². The summed E-state index contributed by atoms with van der Waals surface area (Å²) in [6, 6.07) is 7.48. The standard InChI is InChI=1S/C32H54O8Si/c1-29(2,3)28(34)37-18-16-27-21-31(7,40-41(9,10)30(4,5)6)22-32(39-27)20-23(33)19-26(38-32)15-17-36-25-13-11-24(35-8)12-14-25/h11-14,23,26-27,33H,15-22H2,1-10H3/t23-,26-,27-,31-,32+/m0/s1. The van der Waals surface area contributed by atoms with Crippen LogP contribution in [0.25, 0.3) is 0 Å². The molecule has 41 heavy (non-hydrogen) atoms. The van der Waals surface area contributed by atoms with E-state index in [4.69, 9.17) is 28.1 Å². The van der Waals surface area contributed by atoms with Crippen LogP contribution in [-0.2, 0) is 23.4 Å². The van der Waals surface area contributed by atoms with Crippen molar-refractivity contribution in [2.75, 3.05) is 20.3 Å². The van der Waals surface area contributed by atoms with Gasteiger partial charge in [0.15, 0.2) is 14.1 Å². The quantitative estimate of drug-likeness (QED) is 0.238. The molecule has 2 heterocycles. The van der Waals surface area contributed by atoms with Crippen LogP contribution in [0.4, 0.5) is 0 Å². The maximum Gasteiger partial charge on any atom is 0.311 e. The van der Waals surface area contributed by atoms with Gasteiger partial charge in [-0.15, -0.1) is 0 Å². The molecule has 1 aromatic carbocycles. The topological polar surface area (TPSA) is 92.7 Å². The van der Waals surface area contributed by atoms with Crippen LogP contribution >= 0.6 is 0 Å². The third-order valence-electron chi connectivity index (χ3n) is 8.51. The third-order valence-corrected chi connectivity index (χ3v) is 13.1. The summed E-state index contributed by atoms with van der Waals surface area (Å²) in [6.45, 7) is 19.6. The fraction of sp³-hybridized carbons (Fsp3) is 0.781. The van der Waals surface area contributed by atoms with Crippen LogP contribution in [0.15, 0.2) is 24.3 Å². The van der Waals surface area contributed by atoms with E-state index in [1.807, 2.05) is 45.0 Å². The molecule has 8 nitrogen and oxygen atoms in total. The number of hydrogen-bond donors (Lipinski definition) is 1. The average Bonchev–Trinajstić information content (AvgIpc) is 2.81. The Bertz CT molecular complexity index is 998. The molecule has 2 aliphatic heterocycles. The van der Waals surface area contributed by atoms with E-state index in [9.17, 15) is 9.90 Å². The van der Waals surface area contributed by atoms with E-state index >= 15 is 0 Å². The molecule has 234 valence electrons. The molecule has 0 bridgehead atoms. The van der Waals surface area contributed by atoms with Gasteiger partial charge in [-0.1, -0.05) is 20.8 Å². The smallest absolute Gasteiger partial charge is 0.311 e. The number of ether oxygens (including phenoxy) is 5. The van der Waals surface area contributed by atoms with Gasteiger partial charge in [0.05, 0.1) is 49.7 Å². The van der Waals surface area contributed by atoms with E-state index in [0.29, 0.717) is 45.1 Å². The summed E-state index contributed by atoms with van der Waals surface area (Å²) >= 11 is 0. The lowest BCUT2D eigenvalue weighted by atomic mass is 9.81. The first-order valence-electron chi connectivity index (χ1n) is 15.0. The summed E-state index contributed by atoms with van der Waals surface area (Å²) in [5.41, 5.74) is -1.08. The van der Waals surface area contributed by atoms with Gasteiger partial charge in [0.25, 0.3) is 0 Å². The molecular formula is C32H54O8Si. The Balaban J connectivity index is 1.74. The third kappa shape index (κ3) is 9.42. The van der Waals surface area contributed by atoms with Crippen molar-refractivity contribution in [1.29, 1.82) is 0 Å². The Kier molecular flexibility index (Phi) is 10.7. The van der Waals surface area contributed by atoms with Crippen molar-refractivity contribution in [1.82, 2.24) is 0 Å². The maximum absolute atomic E-state index is 12.4. The van der Waals surface area contributed by atoms with Crippen LogP contribution in [0.3, 0.4) is 0 Å². The van der Waals surface area contributed by atoms with Crippen molar-refractivity contribution < 1.29 is 38.0 Å². The van der Waals surface area contributed by atoms with Gasteiger partial charge in [-0.05, 0) is 76.5 Å². The van der Waals surface area contributed by atoms with Crippen molar-refractivity contribution in [2.24, 2.45) is 5.41 Å². The first-order chi connectivity index (χ1) is 18.9. The highest BCUT2D eigenvalue weighted by Crippen LogP contribution is 2.49. The molecule has 9 heteroatoms. The minimum atomic E-state index is -2.14. The van der Waals surface area contributed by atoms with Gasteiger partial charge in [0.2, 0.25) is 0 Å². The summed E-state index contributed by atoms with van der Waals surface area (Å²) in [7, 11) is -0.501. The molecule has 0 aliphatic carbocycles. The predicted molar refractivity (Wildman–Crippen MR) is 162 cm³/mol. The Hall–Kier alpha value is -1.65. The van der Waals surface area contributed by atoms with Gasteiger partial charge in [-0.3, -0.25) is 4.79 Å². The average molecular weight is 595 g/mol. The summed E-state index contributed by atoms with van der Waals surface area (Å²) in [5.74, 6) is 0.310. The fourth-order valence-corrected chi connectivity index (χ4v) is 7.20. The largest absolute Gasteiger partial charge is 0.497 e. The van der Waals surface area contributed by atoms with E-state index in [2.05, 4.69) is 40.8 Å². The minimum Gasteiger partial charge on any atom is -0.497 e. The highest BCUT2D eigenvalue weighted by molar-refractivity contribution is 6.74. The molecule has 0 radical (unpaired) electrons. The first-order valence-corrected chi connectivity index (χ1v) is 17.9. The zero-order valence-corrected chi connectivity index (χ0v) is 28.0. The second-order valence-electron chi connectivity index (χ2n) is 14.7. The number of benzene rings is 1. The Morgan fingerprint density at radius 3 is 2.15 bits per heavy atom. The molecule has 1 N–H and O–H groups in total. The van der Waals surface area contributed by atoms with Gasteiger partial charge in [-0.25, -0.2) is 0 Å². The number of hydrogen-bond acceptors (Lipinski definition) is 8. The fourth-order valence-electron chi connectivity index (χ4n) is 5.51. The van der Waals surface area contributed by atoms with Gasteiger partial charge in [-0.2, -0.15) is 0 Å². The highest BCUT2D eigenvalue weighted by atomic mass is 28.4. The maximum atomic E-state index is 12.4. The van der Waals surface area contributed by atoms with Crippen molar-refractivity contribution in [3.05, 3.63) is 24.3 Å². The molecule has 1 spiro atoms. The molecule has 5 atom stereocenters. The summed E-state index contributed by atoms with van der Waals surface area (Å²) in [5, 5.41) is 11.0. The number of aliphatic hydroxyl groups excluding tert-OH is 1. The molecule has 0 unspecified atom stereocenters. The molecular weight excluding hydrogens is 540 g/mol. The lowest BCUT2D eigenvalue weighted by Gasteiger charge is -2.55. The Labute approximate surface area is 248 Å². The normalized spacial score (nSPS) is 29.3. The van der Waals surface area contributed by atoms with Crippen molar-refractivity contribution in [2.45, 2.75) is 135 Å². The van der Waals surface area contributed by atoms with Gasteiger partial charge < -0.3 is 33.2 Å². The van der Waals surface area contributed by atoms with Crippen LogP contribution < -0.4 is 9.47 Å². The number of rotatable bonds is 10. The molecule has 1 aromatic rings. The minimum absolute atomic E-state index is 0.0352. The summed E-state index contributed by atoms with van der Waals surface area (Å²) in [4.78, 5) is 12.4. The number of esters is 1.